The van der Waals surface area contributed by atoms with Crippen LogP contribution in [0.25, 0.3) is 0 Å². The Morgan fingerprint density at radius 3 is 1.25 bits per heavy atom. The number of rotatable bonds is 48. The number of aliphatic hydroxyl groups excluding tert-OH is 11. The number of phosphoric acid groups is 1. The van der Waals surface area contributed by atoms with Crippen LogP contribution >= 0.6 is 7.82 Å². The van der Waals surface area contributed by atoms with Gasteiger partial charge in [0, 0.05) is 0 Å². The molecule has 0 aromatic rings. The second-order valence-corrected chi connectivity index (χ2v) is 23.6. The second kappa shape index (κ2) is 42.8. The number of nitrogens with one attached hydrogen (secondary N) is 1. The number of carbonyl (C=O) groups excluding carboxylic acids is 1. The molecule has 1 heterocycles. The van der Waals surface area contributed by atoms with Gasteiger partial charge in [-0.25, -0.2) is 4.57 Å². The molecule has 1 saturated carbocycles. The third-order valence-corrected chi connectivity index (χ3v) is 16.5. The van der Waals surface area contributed by atoms with Crippen molar-refractivity contribution in [3.63, 3.8) is 0 Å². The SMILES string of the molecule is CCCCCCCCCCCCCCCCCCCCCCCCC(O)C(=O)N[C@@H](COP(=O)(O)O[C@@H]1[C@H](O)[C@H](O)[C@@H](O)[C@H](O)[C@H]1OC1O[C@H](CO)[C@@H](O)[C@H](O)[C@@H]1O)[C@H](O)C(O)CCCCCCCCCCCCCC. The smallest absolute Gasteiger partial charge is 0.394 e. The van der Waals surface area contributed by atoms with Crippen molar-refractivity contribution >= 4 is 13.7 Å². The standard InChI is InChI=1S/C56H110NO18P/c1-3-5-7-9-11-13-15-17-18-19-20-21-22-23-24-25-26-28-30-32-34-36-38-43(60)55(69)57-41(45(61)42(59)37-35-33-31-29-27-16-14-12-10-8-6-4-2)40-72-76(70,71)75-54-51(67)49(65)48(64)50(66)53(54)74-56-52(68)47(63)46(62)44(39-58)73-56/h41-54,56,58-68H,3-40H2,1-2H3,(H,57,69)(H,70,71)/t41-,42?,43?,44+,45-,46+,47-,48+,49+,50-,51+,52-,53+,54+,56?/m0/s1. The zero-order valence-corrected chi connectivity index (χ0v) is 47.7. The lowest BCUT2D eigenvalue weighted by molar-refractivity contribution is -0.338. The van der Waals surface area contributed by atoms with Crippen molar-refractivity contribution in [3.05, 3.63) is 0 Å². The maximum atomic E-state index is 13.6. The molecule has 1 aliphatic carbocycles. The average molecular weight is 1120 g/mol. The predicted molar refractivity (Wildman–Crippen MR) is 291 cm³/mol. The zero-order valence-electron chi connectivity index (χ0n) is 46.8. The summed E-state index contributed by atoms with van der Waals surface area (Å²) in [6.07, 6.45) is 13.1. The van der Waals surface area contributed by atoms with Gasteiger partial charge in [0.15, 0.2) is 6.29 Å². The largest absolute Gasteiger partial charge is 0.472 e. The van der Waals surface area contributed by atoms with E-state index in [0.717, 1.165) is 57.8 Å². The molecule has 13 N–H and O–H groups in total. The minimum absolute atomic E-state index is 0.101. The zero-order chi connectivity index (χ0) is 56.1. The Labute approximate surface area is 456 Å². The summed E-state index contributed by atoms with van der Waals surface area (Å²) in [4.78, 5) is 24.3. The van der Waals surface area contributed by atoms with Gasteiger partial charge in [-0.1, -0.05) is 232 Å². The third kappa shape index (κ3) is 29.2. The van der Waals surface area contributed by atoms with Crippen LogP contribution in [0.3, 0.4) is 0 Å². The highest BCUT2D eigenvalue weighted by Crippen LogP contribution is 2.48. The second-order valence-electron chi connectivity index (χ2n) is 22.2. The molecule has 20 heteroatoms. The first-order valence-electron chi connectivity index (χ1n) is 30.2. The van der Waals surface area contributed by atoms with Gasteiger partial charge in [0.1, 0.15) is 73.2 Å². The predicted octanol–water partition coefficient (Wildman–Crippen LogP) is 6.78. The minimum Gasteiger partial charge on any atom is -0.394 e. The van der Waals surface area contributed by atoms with E-state index in [-0.39, 0.29) is 12.8 Å². The molecule has 76 heavy (non-hydrogen) atoms. The Kier molecular flexibility index (Phi) is 40.1. The van der Waals surface area contributed by atoms with E-state index in [9.17, 15) is 70.4 Å². The summed E-state index contributed by atoms with van der Waals surface area (Å²) in [7, 11) is -5.49. The monoisotopic (exact) mass is 1120 g/mol. The van der Waals surface area contributed by atoms with Gasteiger partial charge in [0.05, 0.1) is 25.4 Å². The van der Waals surface area contributed by atoms with E-state index in [1.165, 1.54) is 148 Å². The van der Waals surface area contributed by atoms with E-state index in [2.05, 4.69) is 19.2 Å². The van der Waals surface area contributed by atoms with Gasteiger partial charge in [0.25, 0.3) is 0 Å². The van der Waals surface area contributed by atoms with Gasteiger partial charge in [-0.3, -0.25) is 13.8 Å². The minimum atomic E-state index is -5.49. The van der Waals surface area contributed by atoms with Crippen molar-refractivity contribution in [1.82, 2.24) is 5.32 Å². The van der Waals surface area contributed by atoms with E-state index in [0.29, 0.717) is 12.8 Å². The van der Waals surface area contributed by atoms with Gasteiger partial charge < -0.3 is 75.9 Å². The van der Waals surface area contributed by atoms with Gasteiger partial charge in [0.2, 0.25) is 5.91 Å². The number of aliphatic hydroxyl groups is 11. The summed E-state index contributed by atoms with van der Waals surface area (Å²) in [5, 5.41) is 119. The van der Waals surface area contributed by atoms with Crippen LogP contribution in [-0.2, 0) is 27.9 Å². The molecule has 1 saturated heterocycles. The molecular formula is C56H110NO18P. The number of carbonyl (C=O) groups is 1. The van der Waals surface area contributed by atoms with Crippen molar-refractivity contribution in [3.8, 4) is 0 Å². The maximum Gasteiger partial charge on any atom is 0.472 e. The van der Waals surface area contributed by atoms with E-state index in [4.69, 9.17) is 18.5 Å². The first-order valence-corrected chi connectivity index (χ1v) is 31.7. The molecule has 0 bridgehead atoms. The van der Waals surface area contributed by atoms with Crippen LogP contribution in [0.15, 0.2) is 0 Å². The summed E-state index contributed by atoms with van der Waals surface area (Å²) in [5.41, 5.74) is 0. The van der Waals surface area contributed by atoms with Gasteiger partial charge in [-0.2, -0.15) is 0 Å². The van der Waals surface area contributed by atoms with Crippen molar-refractivity contribution < 1.29 is 88.9 Å². The van der Waals surface area contributed by atoms with Crippen LogP contribution < -0.4 is 5.32 Å². The Hall–Kier alpha value is -0.940. The normalized spacial score (nSPS) is 27.5. The molecular weight excluding hydrogens is 1010 g/mol. The van der Waals surface area contributed by atoms with Crippen LogP contribution in [0.5, 0.6) is 0 Å². The quantitative estimate of drug-likeness (QED) is 0.0220. The summed E-state index contributed by atoms with van der Waals surface area (Å²) in [6.45, 7) is 2.60. The van der Waals surface area contributed by atoms with Gasteiger partial charge in [-0.05, 0) is 12.8 Å². The maximum absolute atomic E-state index is 13.6. The molecule has 0 aromatic heterocycles. The summed E-state index contributed by atoms with van der Waals surface area (Å²) < 4.78 is 34.8. The Morgan fingerprint density at radius 1 is 0.500 bits per heavy atom. The van der Waals surface area contributed by atoms with E-state index in [1.54, 1.807) is 0 Å². The van der Waals surface area contributed by atoms with Gasteiger partial charge in [-0.15, -0.1) is 0 Å². The molecule has 0 radical (unpaired) electrons. The lowest BCUT2D eigenvalue weighted by Gasteiger charge is -2.47. The number of phosphoric ester groups is 1. The van der Waals surface area contributed by atoms with Crippen molar-refractivity contribution in [2.24, 2.45) is 0 Å². The summed E-state index contributed by atoms with van der Waals surface area (Å²) >= 11 is 0. The van der Waals surface area contributed by atoms with Crippen molar-refractivity contribution in [2.45, 2.75) is 337 Å². The van der Waals surface area contributed by atoms with Gasteiger partial charge >= 0.3 is 7.82 Å². The van der Waals surface area contributed by atoms with Crippen molar-refractivity contribution in [1.29, 1.82) is 0 Å². The first-order chi connectivity index (χ1) is 36.5. The fraction of sp³-hybridized carbons (Fsp3) is 0.982. The lowest BCUT2D eigenvalue weighted by Crippen LogP contribution is -2.67. The van der Waals surface area contributed by atoms with Crippen LogP contribution in [-0.4, -0.2) is 172 Å². The molecule has 0 aromatic carbocycles. The third-order valence-electron chi connectivity index (χ3n) is 15.5. The Bertz CT molecular complexity index is 1460. The molecule has 4 unspecified atom stereocenters. The van der Waals surface area contributed by atoms with Crippen LogP contribution in [0, 0.1) is 0 Å². The number of hydrogen-bond donors (Lipinski definition) is 13. The fourth-order valence-corrected chi connectivity index (χ4v) is 11.3. The summed E-state index contributed by atoms with van der Waals surface area (Å²) in [6, 6.07) is -1.58. The highest BCUT2D eigenvalue weighted by molar-refractivity contribution is 7.47. The topological polar surface area (TPSA) is 326 Å². The average Bonchev–Trinajstić information content (AvgIpc) is 3.40. The lowest BCUT2D eigenvalue weighted by atomic mass is 9.84. The molecule has 2 rings (SSSR count). The highest BCUT2D eigenvalue weighted by atomic mass is 31.2. The fourth-order valence-electron chi connectivity index (χ4n) is 10.4. The molecule has 1 amide bonds. The number of hydrogen-bond acceptors (Lipinski definition) is 17. The Balaban J connectivity index is 1.90. The van der Waals surface area contributed by atoms with Crippen LogP contribution in [0.4, 0.5) is 0 Å². The highest BCUT2D eigenvalue weighted by Gasteiger charge is 2.55. The molecule has 19 nitrogen and oxygen atoms in total. The van der Waals surface area contributed by atoms with E-state index >= 15 is 0 Å². The Morgan fingerprint density at radius 2 is 0.855 bits per heavy atom. The first kappa shape index (κ1) is 71.2. The molecule has 2 fully saturated rings. The molecule has 0 spiro atoms. The molecule has 452 valence electrons. The van der Waals surface area contributed by atoms with E-state index < -0.39 is 119 Å². The molecule has 16 atom stereocenters. The molecule has 2 aliphatic rings. The number of ether oxygens (including phenoxy) is 2. The van der Waals surface area contributed by atoms with Crippen LogP contribution in [0.2, 0.25) is 0 Å². The number of amides is 1. The van der Waals surface area contributed by atoms with E-state index in [1.807, 2.05) is 0 Å². The summed E-state index contributed by atoms with van der Waals surface area (Å²) in [5.74, 6) is -0.918. The van der Waals surface area contributed by atoms with Crippen LogP contribution in [0.1, 0.15) is 245 Å². The number of unbranched alkanes of at least 4 members (excludes halogenated alkanes) is 32. The van der Waals surface area contributed by atoms with Crippen molar-refractivity contribution in [2.75, 3.05) is 13.2 Å². The molecule has 1 aliphatic heterocycles.